The molecule has 5 heterocycles. The quantitative estimate of drug-likeness (QED) is 0.240. The molecule has 2 N–H and O–H groups in total. The number of hydrogen-bond acceptors (Lipinski definition) is 11. The number of epoxide rings is 3. The smallest absolute Gasteiger partial charge is 0.161 e. The molecule has 45 heavy (non-hydrogen) atoms. The van der Waals surface area contributed by atoms with E-state index < -0.39 is 18.1 Å². The Balaban J connectivity index is 1.13. The highest BCUT2D eigenvalue weighted by Gasteiger charge is 2.44. The van der Waals surface area contributed by atoms with Gasteiger partial charge in [0.15, 0.2) is 17.6 Å². The molecule has 3 saturated heterocycles. The van der Waals surface area contributed by atoms with E-state index in [1.165, 1.54) is 0 Å². The van der Waals surface area contributed by atoms with Crippen molar-refractivity contribution in [2.75, 3.05) is 46.2 Å². The monoisotopic (exact) mass is 622 g/mol. The minimum Gasteiger partial charge on any atom is -0.491 e. The van der Waals surface area contributed by atoms with Gasteiger partial charge < -0.3 is 52.5 Å². The third-order valence-corrected chi connectivity index (χ3v) is 8.78. The summed E-state index contributed by atoms with van der Waals surface area (Å²) in [5.41, 5.74) is 1.40. The van der Waals surface area contributed by atoms with Crippen molar-refractivity contribution in [1.29, 1.82) is 0 Å². The van der Waals surface area contributed by atoms with Crippen LogP contribution in [0.2, 0.25) is 0 Å². The Morgan fingerprint density at radius 3 is 2.11 bits per heavy atom. The van der Waals surface area contributed by atoms with E-state index in [4.69, 9.17) is 42.3 Å². The zero-order valence-corrected chi connectivity index (χ0v) is 25.1. The van der Waals surface area contributed by atoms with Crippen molar-refractivity contribution < 1.29 is 52.5 Å². The topological polar surface area (TPSA) is 137 Å². The molecule has 0 radical (unpaired) electrons. The third-order valence-electron chi connectivity index (χ3n) is 8.78. The number of furan rings is 1. The fourth-order valence-corrected chi connectivity index (χ4v) is 5.78. The molecule has 1 saturated carbocycles. The second-order valence-corrected chi connectivity index (χ2v) is 12.5. The normalized spacial score (nSPS) is 30.6. The highest BCUT2D eigenvalue weighted by atomic mass is 16.6. The average Bonchev–Trinajstić information content (AvgIpc) is 3.84. The fraction of sp³-hybridized carbons (Fsp3) is 0.529. The molecular formula is C34H38O11. The van der Waals surface area contributed by atoms with Crippen LogP contribution in [0.1, 0.15) is 47.5 Å². The van der Waals surface area contributed by atoms with Crippen LogP contribution >= 0.6 is 0 Å². The minimum atomic E-state index is -1.03. The van der Waals surface area contributed by atoms with Crippen molar-refractivity contribution in [3.8, 4) is 28.7 Å². The lowest BCUT2D eigenvalue weighted by Crippen LogP contribution is -2.35. The van der Waals surface area contributed by atoms with Crippen LogP contribution < -0.4 is 23.7 Å². The maximum Gasteiger partial charge on any atom is 0.161 e. The van der Waals surface area contributed by atoms with Crippen LogP contribution in [0, 0.1) is 12.8 Å². The Hall–Kier alpha value is -3.48. The summed E-state index contributed by atoms with van der Waals surface area (Å²) >= 11 is 0. The SMILES string of the molecule is Cc1ccc(C2c3c(OCC4CO4)cc(OCC4CO4)cc3OC(c3ccc(OCC4CO4)c(OCCC4CC4O)c3)C2O)o1. The van der Waals surface area contributed by atoms with Gasteiger partial charge >= 0.3 is 0 Å². The third kappa shape index (κ3) is 6.73. The van der Waals surface area contributed by atoms with Crippen LogP contribution in [0.4, 0.5) is 0 Å². The van der Waals surface area contributed by atoms with E-state index in [9.17, 15) is 10.2 Å². The Labute approximate surface area is 260 Å². The highest BCUT2D eigenvalue weighted by Crippen LogP contribution is 2.52. The van der Waals surface area contributed by atoms with Gasteiger partial charge in [-0.3, -0.25) is 0 Å². The van der Waals surface area contributed by atoms with E-state index in [0.29, 0.717) is 91.9 Å². The lowest BCUT2D eigenvalue weighted by atomic mass is 9.82. The number of aryl methyl sites for hydroxylation is 1. The van der Waals surface area contributed by atoms with Crippen molar-refractivity contribution in [3.05, 3.63) is 65.1 Å². The second-order valence-electron chi connectivity index (χ2n) is 12.5. The molecule has 0 spiro atoms. The molecular weight excluding hydrogens is 584 g/mol. The predicted octanol–water partition coefficient (Wildman–Crippen LogP) is 3.70. The Bertz CT molecular complexity index is 1510. The first-order chi connectivity index (χ1) is 22.0. The molecule has 240 valence electrons. The van der Waals surface area contributed by atoms with Gasteiger partial charge in [0, 0.05) is 17.7 Å². The van der Waals surface area contributed by atoms with E-state index in [1.54, 1.807) is 0 Å². The summed E-state index contributed by atoms with van der Waals surface area (Å²) in [5.74, 6) is 3.80. The molecule has 11 heteroatoms. The minimum absolute atomic E-state index is 0.0328. The molecule has 11 nitrogen and oxygen atoms in total. The largest absolute Gasteiger partial charge is 0.491 e. The lowest BCUT2D eigenvalue weighted by Gasteiger charge is -2.37. The van der Waals surface area contributed by atoms with Crippen LogP contribution in [0.25, 0.3) is 0 Å². The standard InChI is InChI=1S/C34H38O11/c1-18-2-4-27(44-18)32-31-29(43-17-24-15-41-24)10-21(38-12-22-13-39-22)11-30(31)45-34(33(32)36)20-3-5-26(42-16-23-14-40-23)28(9-20)37-7-6-19-8-25(19)35/h2-5,9-11,19,22-25,32-36H,6-8,12-17H2,1H3. The molecule has 3 aromatic rings. The molecule has 4 aliphatic heterocycles. The number of aliphatic hydroxyl groups is 2. The lowest BCUT2D eigenvalue weighted by molar-refractivity contribution is 0.00264. The fourth-order valence-electron chi connectivity index (χ4n) is 5.78. The average molecular weight is 623 g/mol. The number of fused-ring (bicyclic) bond motifs is 1. The first-order valence-electron chi connectivity index (χ1n) is 15.8. The number of benzene rings is 2. The van der Waals surface area contributed by atoms with Gasteiger partial charge in [-0.05, 0) is 55.5 Å². The van der Waals surface area contributed by atoms with Gasteiger partial charge in [-0.1, -0.05) is 6.07 Å². The molecule has 0 bridgehead atoms. The summed E-state index contributed by atoms with van der Waals surface area (Å²) in [6.07, 6.45) is -0.304. The highest BCUT2D eigenvalue weighted by molar-refractivity contribution is 5.57. The molecule has 2 aromatic carbocycles. The Morgan fingerprint density at radius 1 is 0.778 bits per heavy atom. The Morgan fingerprint density at radius 2 is 1.47 bits per heavy atom. The van der Waals surface area contributed by atoms with Gasteiger partial charge in [-0.15, -0.1) is 0 Å². The van der Waals surface area contributed by atoms with Gasteiger partial charge in [-0.25, -0.2) is 0 Å². The predicted molar refractivity (Wildman–Crippen MR) is 157 cm³/mol. The first kappa shape index (κ1) is 29.0. The Kier molecular flexibility index (Phi) is 7.74. The van der Waals surface area contributed by atoms with Crippen LogP contribution in [0.5, 0.6) is 28.7 Å². The van der Waals surface area contributed by atoms with Crippen molar-refractivity contribution >= 4 is 0 Å². The van der Waals surface area contributed by atoms with Crippen molar-refractivity contribution in [2.24, 2.45) is 5.92 Å². The van der Waals surface area contributed by atoms with E-state index in [1.807, 2.05) is 49.4 Å². The maximum atomic E-state index is 12.1. The zero-order valence-electron chi connectivity index (χ0n) is 25.1. The van der Waals surface area contributed by atoms with Gasteiger partial charge in [0.1, 0.15) is 73.0 Å². The molecule has 4 fully saturated rings. The van der Waals surface area contributed by atoms with Crippen LogP contribution in [-0.2, 0) is 14.2 Å². The number of aliphatic hydroxyl groups excluding tert-OH is 2. The molecule has 8 unspecified atom stereocenters. The summed E-state index contributed by atoms with van der Waals surface area (Å²) in [6.45, 7) is 5.54. The van der Waals surface area contributed by atoms with E-state index in [2.05, 4.69) is 0 Å². The van der Waals surface area contributed by atoms with Gasteiger partial charge in [0.25, 0.3) is 0 Å². The first-order valence-corrected chi connectivity index (χ1v) is 15.8. The van der Waals surface area contributed by atoms with Gasteiger partial charge in [0.05, 0.1) is 38.4 Å². The van der Waals surface area contributed by atoms with Crippen molar-refractivity contribution in [3.63, 3.8) is 0 Å². The van der Waals surface area contributed by atoms with Crippen molar-refractivity contribution in [2.45, 2.75) is 62.3 Å². The van der Waals surface area contributed by atoms with Gasteiger partial charge in [-0.2, -0.15) is 0 Å². The zero-order chi connectivity index (χ0) is 30.5. The van der Waals surface area contributed by atoms with E-state index in [-0.39, 0.29) is 30.3 Å². The summed E-state index contributed by atoms with van der Waals surface area (Å²) in [5, 5.41) is 21.8. The van der Waals surface area contributed by atoms with Gasteiger partial charge in [0.2, 0.25) is 0 Å². The molecule has 0 amide bonds. The summed E-state index contributed by atoms with van der Waals surface area (Å²) in [7, 11) is 0. The molecule has 8 atom stereocenters. The van der Waals surface area contributed by atoms with Crippen LogP contribution in [-0.4, -0.2) is 87.0 Å². The number of rotatable bonds is 15. The number of ether oxygens (including phenoxy) is 8. The summed E-state index contributed by atoms with van der Waals surface area (Å²) in [4.78, 5) is 0. The van der Waals surface area contributed by atoms with Crippen LogP contribution in [0.3, 0.4) is 0 Å². The van der Waals surface area contributed by atoms with Crippen molar-refractivity contribution in [1.82, 2.24) is 0 Å². The number of hydrogen-bond donors (Lipinski definition) is 2. The summed E-state index contributed by atoms with van der Waals surface area (Å²) < 4.78 is 53.4. The molecule has 5 aliphatic rings. The second kappa shape index (κ2) is 12.0. The van der Waals surface area contributed by atoms with E-state index >= 15 is 0 Å². The van der Waals surface area contributed by atoms with Crippen LogP contribution in [0.15, 0.2) is 46.9 Å². The molecule has 8 rings (SSSR count). The molecule has 1 aliphatic carbocycles. The summed E-state index contributed by atoms with van der Waals surface area (Å²) in [6, 6.07) is 13.0. The van der Waals surface area contributed by atoms with E-state index in [0.717, 1.165) is 18.6 Å². The maximum absolute atomic E-state index is 12.1. The molecule has 1 aromatic heterocycles.